The van der Waals surface area contributed by atoms with Crippen molar-refractivity contribution in [2.24, 2.45) is 5.92 Å². The quantitative estimate of drug-likeness (QED) is 0.844. The van der Waals surface area contributed by atoms with Crippen molar-refractivity contribution in [2.45, 2.75) is 40.0 Å². The first kappa shape index (κ1) is 19.1. The van der Waals surface area contributed by atoms with Crippen molar-refractivity contribution in [1.29, 1.82) is 0 Å². The molecule has 1 amide bonds. The van der Waals surface area contributed by atoms with Crippen LogP contribution in [0.25, 0.3) is 0 Å². The molecule has 6 nitrogen and oxygen atoms in total. The third-order valence-corrected chi connectivity index (χ3v) is 4.88. The van der Waals surface area contributed by atoms with Crippen molar-refractivity contribution in [3.05, 3.63) is 41.6 Å². The van der Waals surface area contributed by atoms with Crippen LogP contribution in [0.5, 0.6) is 5.88 Å². The molecule has 0 saturated carbocycles. The zero-order valence-corrected chi connectivity index (χ0v) is 16.4. The Labute approximate surface area is 161 Å². The number of ether oxygens (including phenoxy) is 1. The number of carbonyl (C=O) groups excluding carboxylic acids is 1. The zero-order chi connectivity index (χ0) is 19.2. The van der Waals surface area contributed by atoms with Crippen LogP contribution in [0, 0.1) is 12.8 Å². The van der Waals surface area contributed by atoms with Crippen molar-refractivity contribution >= 4 is 17.5 Å². The summed E-state index contributed by atoms with van der Waals surface area (Å²) in [6.07, 6.45) is 3.27. The predicted molar refractivity (Wildman–Crippen MR) is 107 cm³/mol. The molecule has 1 saturated heterocycles. The highest BCUT2D eigenvalue weighted by molar-refractivity contribution is 5.91. The van der Waals surface area contributed by atoms with Crippen LogP contribution in [0.4, 0.5) is 11.6 Å². The standard InChI is InChI=1S/C21H28N4O2/c1-4-17-5-7-18(8-6-17)23-19(26)14-27-20-13-16(3)22-21(24-20)25-11-9-15(2)10-12-25/h5-8,13,15H,4,9-12,14H2,1-3H3,(H,23,26). The van der Waals surface area contributed by atoms with Crippen molar-refractivity contribution in [3.63, 3.8) is 0 Å². The lowest BCUT2D eigenvalue weighted by Crippen LogP contribution is -2.34. The highest BCUT2D eigenvalue weighted by Crippen LogP contribution is 2.22. The summed E-state index contributed by atoms with van der Waals surface area (Å²) in [5.41, 5.74) is 2.84. The molecule has 1 aliphatic heterocycles. The van der Waals surface area contributed by atoms with Gasteiger partial charge in [0.2, 0.25) is 11.8 Å². The SMILES string of the molecule is CCc1ccc(NC(=O)COc2cc(C)nc(N3CCC(C)CC3)n2)cc1. The van der Waals surface area contributed by atoms with Gasteiger partial charge in [0, 0.05) is 30.5 Å². The van der Waals surface area contributed by atoms with Crippen LogP contribution >= 0.6 is 0 Å². The predicted octanol–water partition coefficient (Wildman–Crippen LogP) is 3.60. The molecule has 2 aromatic rings. The molecule has 0 unspecified atom stereocenters. The number of hydrogen-bond donors (Lipinski definition) is 1. The first-order chi connectivity index (χ1) is 13.0. The second kappa shape index (κ2) is 8.84. The molecule has 1 fully saturated rings. The molecule has 1 N–H and O–H groups in total. The number of anilines is 2. The number of nitrogens with zero attached hydrogens (tertiary/aromatic N) is 3. The smallest absolute Gasteiger partial charge is 0.262 e. The molecule has 0 bridgehead atoms. The largest absolute Gasteiger partial charge is 0.467 e. The lowest BCUT2D eigenvalue weighted by atomic mass is 10.00. The van der Waals surface area contributed by atoms with Gasteiger partial charge in [-0.15, -0.1) is 0 Å². The fraction of sp³-hybridized carbons (Fsp3) is 0.476. The maximum absolute atomic E-state index is 12.2. The Hall–Kier alpha value is -2.63. The molecule has 0 radical (unpaired) electrons. The Morgan fingerprint density at radius 1 is 1.22 bits per heavy atom. The molecule has 1 aliphatic rings. The molecule has 27 heavy (non-hydrogen) atoms. The number of piperidine rings is 1. The van der Waals surface area contributed by atoms with Gasteiger partial charge in [-0.25, -0.2) is 4.98 Å². The number of hydrogen-bond acceptors (Lipinski definition) is 5. The first-order valence-electron chi connectivity index (χ1n) is 9.65. The van der Waals surface area contributed by atoms with E-state index in [1.54, 1.807) is 6.07 Å². The van der Waals surface area contributed by atoms with Gasteiger partial charge >= 0.3 is 0 Å². The Morgan fingerprint density at radius 2 is 1.93 bits per heavy atom. The van der Waals surface area contributed by atoms with Crippen LogP contribution in [0.15, 0.2) is 30.3 Å². The van der Waals surface area contributed by atoms with Gasteiger partial charge < -0.3 is 15.0 Å². The fourth-order valence-electron chi connectivity index (χ4n) is 3.11. The Morgan fingerprint density at radius 3 is 2.59 bits per heavy atom. The Kier molecular flexibility index (Phi) is 6.27. The molecule has 144 valence electrons. The summed E-state index contributed by atoms with van der Waals surface area (Å²) >= 11 is 0. The minimum absolute atomic E-state index is 0.0809. The van der Waals surface area contributed by atoms with E-state index >= 15 is 0 Å². The Balaban J connectivity index is 1.57. The van der Waals surface area contributed by atoms with Gasteiger partial charge in [0.15, 0.2) is 6.61 Å². The lowest BCUT2D eigenvalue weighted by Gasteiger charge is -2.30. The van der Waals surface area contributed by atoms with Crippen LogP contribution in [0.1, 0.15) is 37.9 Å². The van der Waals surface area contributed by atoms with E-state index in [1.165, 1.54) is 5.56 Å². The maximum Gasteiger partial charge on any atom is 0.262 e. The highest BCUT2D eigenvalue weighted by atomic mass is 16.5. The lowest BCUT2D eigenvalue weighted by molar-refractivity contribution is -0.118. The molecular weight excluding hydrogens is 340 g/mol. The average molecular weight is 368 g/mol. The summed E-state index contributed by atoms with van der Waals surface area (Å²) in [5.74, 6) is 1.67. The van der Waals surface area contributed by atoms with Crippen LogP contribution < -0.4 is 15.0 Å². The highest BCUT2D eigenvalue weighted by Gasteiger charge is 2.19. The first-order valence-corrected chi connectivity index (χ1v) is 9.65. The minimum atomic E-state index is -0.205. The van der Waals surface area contributed by atoms with E-state index in [1.807, 2.05) is 31.2 Å². The molecule has 0 aliphatic carbocycles. The van der Waals surface area contributed by atoms with Crippen molar-refractivity contribution in [3.8, 4) is 5.88 Å². The van der Waals surface area contributed by atoms with E-state index in [4.69, 9.17) is 4.74 Å². The molecule has 0 spiro atoms. The normalized spacial score (nSPS) is 14.9. The number of aromatic nitrogens is 2. The Bertz CT molecular complexity index is 768. The van der Waals surface area contributed by atoms with Crippen molar-refractivity contribution in [1.82, 2.24) is 9.97 Å². The molecule has 0 atom stereocenters. The minimum Gasteiger partial charge on any atom is -0.467 e. The third kappa shape index (κ3) is 5.42. The number of amides is 1. The molecule has 6 heteroatoms. The van der Waals surface area contributed by atoms with Crippen molar-refractivity contribution in [2.75, 3.05) is 29.9 Å². The molecule has 1 aromatic carbocycles. The summed E-state index contributed by atoms with van der Waals surface area (Å²) in [4.78, 5) is 23.4. The molecule has 3 rings (SSSR count). The third-order valence-electron chi connectivity index (χ3n) is 4.88. The summed E-state index contributed by atoms with van der Waals surface area (Å²) in [6.45, 7) is 8.13. The molecule has 2 heterocycles. The summed E-state index contributed by atoms with van der Waals surface area (Å²) in [5, 5.41) is 2.84. The van der Waals surface area contributed by atoms with Gasteiger partial charge in [-0.3, -0.25) is 4.79 Å². The van der Waals surface area contributed by atoms with E-state index in [9.17, 15) is 4.79 Å². The second-order valence-corrected chi connectivity index (χ2v) is 7.20. The summed E-state index contributed by atoms with van der Waals surface area (Å²) in [7, 11) is 0. The van der Waals surface area contributed by atoms with E-state index < -0.39 is 0 Å². The summed E-state index contributed by atoms with van der Waals surface area (Å²) in [6, 6.07) is 9.59. The van der Waals surface area contributed by atoms with Gasteiger partial charge in [0.25, 0.3) is 5.91 Å². The van der Waals surface area contributed by atoms with Crippen molar-refractivity contribution < 1.29 is 9.53 Å². The van der Waals surface area contributed by atoms with E-state index in [0.29, 0.717) is 11.8 Å². The van der Waals surface area contributed by atoms with Gasteiger partial charge in [0.05, 0.1) is 0 Å². The molecular formula is C21H28N4O2. The van der Waals surface area contributed by atoms with E-state index in [2.05, 4.69) is 34.0 Å². The number of carbonyl (C=O) groups is 1. The second-order valence-electron chi connectivity index (χ2n) is 7.20. The average Bonchev–Trinajstić information content (AvgIpc) is 2.67. The van der Waals surface area contributed by atoms with Gasteiger partial charge in [-0.1, -0.05) is 26.0 Å². The fourth-order valence-corrected chi connectivity index (χ4v) is 3.11. The van der Waals surface area contributed by atoms with Crippen LogP contribution in [-0.2, 0) is 11.2 Å². The van der Waals surface area contributed by atoms with Crippen LogP contribution in [0.3, 0.4) is 0 Å². The number of benzene rings is 1. The van der Waals surface area contributed by atoms with Crippen LogP contribution in [0.2, 0.25) is 0 Å². The monoisotopic (exact) mass is 368 g/mol. The van der Waals surface area contributed by atoms with Gasteiger partial charge in [-0.2, -0.15) is 4.98 Å². The number of rotatable bonds is 6. The number of nitrogens with one attached hydrogen (secondary N) is 1. The topological polar surface area (TPSA) is 67.3 Å². The van der Waals surface area contributed by atoms with E-state index in [0.717, 1.165) is 49.7 Å². The molecule has 1 aromatic heterocycles. The zero-order valence-electron chi connectivity index (χ0n) is 16.4. The van der Waals surface area contributed by atoms with Crippen LogP contribution in [-0.4, -0.2) is 35.6 Å². The van der Waals surface area contributed by atoms with Gasteiger partial charge in [0.1, 0.15) is 0 Å². The maximum atomic E-state index is 12.2. The van der Waals surface area contributed by atoms with E-state index in [-0.39, 0.29) is 12.5 Å². The van der Waals surface area contributed by atoms with Gasteiger partial charge in [-0.05, 0) is 49.8 Å². The summed E-state index contributed by atoms with van der Waals surface area (Å²) < 4.78 is 5.63. The number of aryl methyl sites for hydroxylation is 2.